The zero-order valence-electron chi connectivity index (χ0n) is 10.1. The zero-order chi connectivity index (χ0) is 11.3. The van der Waals surface area contributed by atoms with Crippen LogP contribution in [0, 0.1) is 0 Å². The van der Waals surface area contributed by atoms with Crippen LogP contribution >= 0.6 is 0 Å². The standard InChI is InChI=1S/C11H21N3O/c1-11(2,3)12-9-10-5-6-13-14(10)7-8-15-4/h5-6,12H,7-9H2,1-4H3. The van der Waals surface area contributed by atoms with Crippen LogP contribution in [0.15, 0.2) is 12.3 Å². The van der Waals surface area contributed by atoms with Gasteiger partial charge < -0.3 is 10.1 Å². The molecule has 0 amide bonds. The van der Waals surface area contributed by atoms with Crippen LogP contribution < -0.4 is 5.32 Å². The van der Waals surface area contributed by atoms with Gasteiger partial charge >= 0.3 is 0 Å². The van der Waals surface area contributed by atoms with Gasteiger partial charge in [0.05, 0.1) is 18.8 Å². The maximum atomic E-state index is 5.03. The largest absolute Gasteiger partial charge is 0.383 e. The average molecular weight is 211 g/mol. The molecule has 0 unspecified atom stereocenters. The summed E-state index contributed by atoms with van der Waals surface area (Å²) in [4.78, 5) is 0. The zero-order valence-corrected chi connectivity index (χ0v) is 10.1. The van der Waals surface area contributed by atoms with Crippen molar-refractivity contribution in [1.29, 1.82) is 0 Å². The van der Waals surface area contributed by atoms with Crippen molar-refractivity contribution in [2.45, 2.75) is 39.4 Å². The third-order valence-corrected chi connectivity index (χ3v) is 2.11. The summed E-state index contributed by atoms with van der Waals surface area (Å²) in [5.74, 6) is 0. The molecular formula is C11H21N3O. The smallest absolute Gasteiger partial charge is 0.0658 e. The fourth-order valence-corrected chi connectivity index (χ4v) is 1.25. The minimum absolute atomic E-state index is 0.135. The lowest BCUT2D eigenvalue weighted by atomic mass is 10.1. The number of nitrogens with one attached hydrogen (secondary N) is 1. The predicted molar refractivity (Wildman–Crippen MR) is 60.7 cm³/mol. The summed E-state index contributed by atoms with van der Waals surface area (Å²) >= 11 is 0. The van der Waals surface area contributed by atoms with Gasteiger partial charge in [0.25, 0.3) is 0 Å². The average Bonchev–Trinajstić information content (AvgIpc) is 2.57. The first kappa shape index (κ1) is 12.2. The van der Waals surface area contributed by atoms with Gasteiger partial charge in [0.2, 0.25) is 0 Å². The molecule has 0 spiro atoms. The molecule has 0 aliphatic rings. The minimum atomic E-state index is 0.135. The van der Waals surface area contributed by atoms with E-state index in [1.807, 2.05) is 16.9 Å². The molecule has 4 heteroatoms. The Morgan fingerprint density at radius 3 is 2.80 bits per heavy atom. The molecule has 0 bridgehead atoms. The molecule has 4 nitrogen and oxygen atoms in total. The van der Waals surface area contributed by atoms with E-state index in [1.54, 1.807) is 7.11 Å². The second-order valence-electron chi connectivity index (χ2n) is 4.64. The minimum Gasteiger partial charge on any atom is -0.383 e. The monoisotopic (exact) mass is 211 g/mol. The summed E-state index contributed by atoms with van der Waals surface area (Å²) in [5, 5.41) is 7.69. The first-order valence-electron chi connectivity index (χ1n) is 5.27. The van der Waals surface area contributed by atoms with Gasteiger partial charge in [0.15, 0.2) is 0 Å². The van der Waals surface area contributed by atoms with Crippen LogP contribution in [-0.2, 0) is 17.8 Å². The number of hydrogen-bond donors (Lipinski definition) is 1. The fraction of sp³-hybridized carbons (Fsp3) is 0.727. The van der Waals surface area contributed by atoms with Gasteiger partial charge in [-0.15, -0.1) is 0 Å². The van der Waals surface area contributed by atoms with Gasteiger partial charge in [0, 0.05) is 25.4 Å². The van der Waals surface area contributed by atoms with E-state index in [1.165, 1.54) is 5.69 Å². The van der Waals surface area contributed by atoms with Crippen molar-refractivity contribution in [2.24, 2.45) is 0 Å². The van der Waals surface area contributed by atoms with Crippen LogP contribution in [0.1, 0.15) is 26.5 Å². The summed E-state index contributed by atoms with van der Waals surface area (Å²) in [6.07, 6.45) is 1.83. The van der Waals surface area contributed by atoms with E-state index in [4.69, 9.17) is 4.74 Å². The van der Waals surface area contributed by atoms with Gasteiger partial charge in [-0.3, -0.25) is 4.68 Å². The normalized spacial score (nSPS) is 12.0. The molecule has 15 heavy (non-hydrogen) atoms. The highest BCUT2D eigenvalue weighted by molar-refractivity contribution is 5.00. The molecule has 0 aliphatic heterocycles. The van der Waals surface area contributed by atoms with E-state index >= 15 is 0 Å². The van der Waals surface area contributed by atoms with Crippen LogP contribution in [-0.4, -0.2) is 29.0 Å². The maximum absolute atomic E-state index is 5.03. The van der Waals surface area contributed by atoms with E-state index in [9.17, 15) is 0 Å². The Balaban J connectivity index is 2.50. The first-order valence-corrected chi connectivity index (χ1v) is 5.27. The van der Waals surface area contributed by atoms with E-state index in [-0.39, 0.29) is 5.54 Å². The molecule has 0 saturated heterocycles. The molecule has 0 radical (unpaired) electrons. The van der Waals surface area contributed by atoms with Crippen molar-refractivity contribution in [2.75, 3.05) is 13.7 Å². The van der Waals surface area contributed by atoms with Crippen molar-refractivity contribution >= 4 is 0 Å². The third kappa shape index (κ3) is 4.44. The Labute approximate surface area is 91.6 Å². The van der Waals surface area contributed by atoms with Gasteiger partial charge in [-0.25, -0.2) is 0 Å². The highest BCUT2D eigenvalue weighted by Gasteiger charge is 2.10. The topological polar surface area (TPSA) is 39.1 Å². The highest BCUT2D eigenvalue weighted by Crippen LogP contribution is 2.04. The van der Waals surface area contributed by atoms with E-state index in [0.717, 1.165) is 13.1 Å². The number of ether oxygens (including phenoxy) is 1. The SMILES string of the molecule is COCCn1nccc1CNC(C)(C)C. The van der Waals surface area contributed by atoms with Crippen LogP contribution in [0.5, 0.6) is 0 Å². The van der Waals surface area contributed by atoms with E-state index in [2.05, 4.69) is 31.2 Å². The maximum Gasteiger partial charge on any atom is 0.0658 e. The molecule has 86 valence electrons. The summed E-state index contributed by atoms with van der Waals surface area (Å²) < 4.78 is 7.01. The Hall–Kier alpha value is -0.870. The number of hydrogen-bond acceptors (Lipinski definition) is 3. The Kier molecular flexibility index (Phi) is 4.29. The van der Waals surface area contributed by atoms with Crippen molar-refractivity contribution in [3.63, 3.8) is 0 Å². The highest BCUT2D eigenvalue weighted by atomic mass is 16.5. The molecule has 0 fully saturated rings. The molecule has 0 atom stereocenters. The van der Waals surface area contributed by atoms with Gasteiger partial charge in [-0.1, -0.05) is 0 Å². The van der Waals surface area contributed by atoms with Crippen LogP contribution in [0.25, 0.3) is 0 Å². The third-order valence-electron chi connectivity index (χ3n) is 2.11. The van der Waals surface area contributed by atoms with E-state index < -0.39 is 0 Å². The molecule has 1 N–H and O–H groups in total. The molecule has 0 aliphatic carbocycles. The molecule has 1 aromatic heterocycles. The molecule has 1 heterocycles. The molecule has 0 saturated carbocycles. The fourth-order valence-electron chi connectivity index (χ4n) is 1.25. The van der Waals surface area contributed by atoms with Crippen molar-refractivity contribution < 1.29 is 4.74 Å². The van der Waals surface area contributed by atoms with Crippen LogP contribution in [0.4, 0.5) is 0 Å². The van der Waals surface area contributed by atoms with E-state index in [0.29, 0.717) is 6.61 Å². The Morgan fingerprint density at radius 1 is 1.47 bits per heavy atom. The molecule has 0 aromatic carbocycles. The summed E-state index contributed by atoms with van der Waals surface area (Å²) in [6, 6.07) is 2.04. The second-order valence-corrected chi connectivity index (χ2v) is 4.64. The lowest BCUT2D eigenvalue weighted by Gasteiger charge is -2.20. The van der Waals surface area contributed by atoms with Gasteiger partial charge in [-0.05, 0) is 26.8 Å². The lowest BCUT2D eigenvalue weighted by molar-refractivity contribution is 0.182. The second kappa shape index (κ2) is 5.28. The Bertz CT molecular complexity index is 288. The van der Waals surface area contributed by atoms with Crippen molar-refractivity contribution in [3.8, 4) is 0 Å². The van der Waals surface area contributed by atoms with Crippen LogP contribution in [0.3, 0.4) is 0 Å². The number of methoxy groups -OCH3 is 1. The van der Waals surface area contributed by atoms with Gasteiger partial charge in [-0.2, -0.15) is 5.10 Å². The predicted octanol–water partition coefficient (Wildman–Crippen LogP) is 1.42. The molecular weight excluding hydrogens is 190 g/mol. The van der Waals surface area contributed by atoms with Crippen molar-refractivity contribution in [3.05, 3.63) is 18.0 Å². The van der Waals surface area contributed by atoms with Gasteiger partial charge in [0.1, 0.15) is 0 Å². The number of nitrogens with zero attached hydrogens (tertiary/aromatic N) is 2. The van der Waals surface area contributed by atoms with Crippen LogP contribution in [0.2, 0.25) is 0 Å². The molecule has 1 rings (SSSR count). The summed E-state index contributed by atoms with van der Waals surface area (Å²) in [6.45, 7) is 8.82. The molecule has 1 aromatic rings. The summed E-state index contributed by atoms with van der Waals surface area (Å²) in [5.41, 5.74) is 1.33. The Morgan fingerprint density at radius 2 is 2.20 bits per heavy atom. The quantitative estimate of drug-likeness (QED) is 0.800. The lowest BCUT2D eigenvalue weighted by Crippen LogP contribution is -2.35. The summed E-state index contributed by atoms with van der Waals surface area (Å²) in [7, 11) is 1.70. The number of rotatable bonds is 5. The first-order chi connectivity index (χ1) is 7.03. The van der Waals surface area contributed by atoms with Crippen molar-refractivity contribution in [1.82, 2.24) is 15.1 Å². The number of aromatic nitrogens is 2.